The van der Waals surface area contributed by atoms with Gasteiger partial charge < -0.3 is 16.4 Å². The second-order valence-corrected chi connectivity index (χ2v) is 2.87. The highest BCUT2D eigenvalue weighted by Gasteiger charge is 2.14. The van der Waals surface area contributed by atoms with Gasteiger partial charge in [-0.3, -0.25) is 4.79 Å². The highest BCUT2D eigenvalue weighted by molar-refractivity contribution is 5.77. The summed E-state index contributed by atoms with van der Waals surface area (Å²) < 4.78 is 0. The highest BCUT2D eigenvalue weighted by atomic mass is 16.1. The van der Waals surface area contributed by atoms with Crippen molar-refractivity contribution in [2.45, 2.75) is 6.42 Å². The number of carbonyl (C=O) groups excluding carboxylic acids is 1. The molecule has 1 amide bonds. The van der Waals surface area contributed by atoms with Crippen molar-refractivity contribution in [3.63, 3.8) is 0 Å². The molecule has 64 valence electrons. The Kier molecular flexibility index (Phi) is 3.32. The number of hydrogen-bond acceptors (Lipinski definition) is 3. The van der Waals surface area contributed by atoms with Crippen molar-refractivity contribution in [2.24, 2.45) is 11.7 Å². The van der Waals surface area contributed by atoms with Gasteiger partial charge in [-0.2, -0.15) is 0 Å². The smallest absolute Gasteiger partial charge is 0.233 e. The topological polar surface area (TPSA) is 67.2 Å². The lowest BCUT2D eigenvalue weighted by Crippen LogP contribution is -2.34. The first-order chi connectivity index (χ1) is 5.33. The molecule has 0 radical (unpaired) electrons. The zero-order valence-corrected chi connectivity index (χ0v) is 6.60. The van der Waals surface area contributed by atoms with Crippen LogP contribution in [0.25, 0.3) is 0 Å². The summed E-state index contributed by atoms with van der Waals surface area (Å²) >= 11 is 0. The minimum absolute atomic E-state index is 0.0584. The van der Waals surface area contributed by atoms with Gasteiger partial charge in [0.2, 0.25) is 5.91 Å². The van der Waals surface area contributed by atoms with Gasteiger partial charge in [0, 0.05) is 6.54 Å². The molecule has 1 heterocycles. The first-order valence-electron chi connectivity index (χ1n) is 4.00. The summed E-state index contributed by atoms with van der Waals surface area (Å²) in [4.78, 5) is 10.7. The van der Waals surface area contributed by atoms with E-state index in [2.05, 4.69) is 10.6 Å². The third-order valence-corrected chi connectivity index (χ3v) is 1.94. The van der Waals surface area contributed by atoms with Gasteiger partial charge in [-0.1, -0.05) is 0 Å². The first kappa shape index (κ1) is 8.49. The zero-order chi connectivity index (χ0) is 8.10. The third kappa shape index (κ3) is 2.86. The molecule has 0 aromatic heterocycles. The highest BCUT2D eigenvalue weighted by Crippen LogP contribution is 2.04. The molecule has 0 aromatic rings. The van der Waals surface area contributed by atoms with Gasteiger partial charge >= 0.3 is 0 Å². The molecule has 4 nitrogen and oxygen atoms in total. The number of carbonyl (C=O) groups is 1. The van der Waals surface area contributed by atoms with E-state index in [4.69, 9.17) is 5.73 Å². The van der Waals surface area contributed by atoms with E-state index in [1.165, 1.54) is 0 Å². The van der Waals surface area contributed by atoms with E-state index >= 15 is 0 Å². The molecule has 4 heteroatoms. The summed E-state index contributed by atoms with van der Waals surface area (Å²) in [7, 11) is 0. The van der Waals surface area contributed by atoms with Crippen LogP contribution in [0.4, 0.5) is 0 Å². The van der Waals surface area contributed by atoms with Gasteiger partial charge in [-0.05, 0) is 25.4 Å². The van der Waals surface area contributed by atoms with Gasteiger partial charge in [-0.15, -0.1) is 0 Å². The third-order valence-electron chi connectivity index (χ3n) is 1.94. The standard InChI is InChI=1S/C7H15N3O/c8-3-7(11)10-5-6-1-2-9-4-6/h6,9H,1-5,8H2,(H,10,11). The molecular weight excluding hydrogens is 142 g/mol. The lowest BCUT2D eigenvalue weighted by molar-refractivity contribution is -0.119. The summed E-state index contributed by atoms with van der Waals surface area (Å²) in [6.07, 6.45) is 1.16. The van der Waals surface area contributed by atoms with Crippen LogP contribution in [0.2, 0.25) is 0 Å². The molecule has 1 atom stereocenters. The maximum absolute atomic E-state index is 10.7. The number of hydrogen-bond donors (Lipinski definition) is 3. The fraction of sp³-hybridized carbons (Fsp3) is 0.857. The Hall–Kier alpha value is -0.610. The minimum Gasteiger partial charge on any atom is -0.355 e. The molecule has 4 N–H and O–H groups in total. The molecule has 0 aliphatic carbocycles. The average molecular weight is 157 g/mol. The molecule has 1 aliphatic heterocycles. The van der Waals surface area contributed by atoms with E-state index in [1.54, 1.807) is 0 Å². The number of nitrogens with two attached hydrogens (primary N) is 1. The molecule has 0 bridgehead atoms. The Morgan fingerprint density at radius 3 is 3.09 bits per heavy atom. The zero-order valence-electron chi connectivity index (χ0n) is 6.60. The Balaban J connectivity index is 2.06. The van der Waals surface area contributed by atoms with Gasteiger partial charge in [0.1, 0.15) is 0 Å². The largest absolute Gasteiger partial charge is 0.355 e. The predicted octanol–water partition coefficient (Wildman–Crippen LogP) is -1.33. The van der Waals surface area contributed by atoms with Crippen LogP contribution in [0.5, 0.6) is 0 Å². The fourth-order valence-electron chi connectivity index (χ4n) is 1.22. The van der Waals surface area contributed by atoms with E-state index in [-0.39, 0.29) is 12.5 Å². The summed E-state index contributed by atoms with van der Waals surface area (Å²) in [6, 6.07) is 0. The van der Waals surface area contributed by atoms with Crippen molar-refractivity contribution >= 4 is 5.91 Å². The van der Waals surface area contributed by atoms with E-state index in [1.807, 2.05) is 0 Å². The number of amides is 1. The van der Waals surface area contributed by atoms with Gasteiger partial charge in [0.25, 0.3) is 0 Å². The first-order valence-corrected chi connectivity index (χ1v) is 4.00. The van der Waals surface area contributed by atoms with Crippen LogP contribution < -0.4 is 16.4 Å². The van der Waals surface area contributed by atoms with Crippen molar-refractivity contribution < 1.29 is 4.79 Å². The van der Waals surface area contributed by atoms with E-state index in [9.17, 15) is 4.79 Å². The van der Waals surface area contributed by atoms with Crippen molar-refractivity contribution in [1.82, 2.24) is 10.6 Å². The molecule has 0 aromatic carbocycles. The summed E-state index contributed by atoms with van der Waals surface area (Å²) in [5, 5.41) is 6.00. The number of nitrogens with one attached hydrogen (secondary N) is 2. The normalized spacial score (nSPS) is 23.5. The Morgan fingerprint density at radius 1 is 1.73 bits per heavy atom. The molecule has 1 unspecified atom stereocenters. The maximum atomic E-state index is 10.7. The molecule has 1 aliphatic rings. The second kappa shape index (κ2) is 4.31. The summed E-state index contributed by atoms with van der Waals surface area (Å²) in [5.41, 5.74) is 5.13. The van der Waals surface area contributed by atoms with Crippen molar-refractivity contribution in [3.05, 3.63) is 0 Å². The molecule has 1 rings (SSSR count). The van der Waals surface area contributed by atoms with E-state index in [0.29, 0.717) is 5.92 Å². The van der Waals surface area contributed by atoms with Crippen LogP contribution in [-0.2, 0) is 4.79 Å². The Labute approximate surface area is 66.5 Å². The minimum atomic E-state index is -0.0584. The molecule has 1 saturated heterocycles. The molecule has 0 saturated carbocycles. The van der Waals surface area contributed by atoms with Gasteiger partial charge in [0.15, 0.2) is 0 Å². The maximum Gasteiger partial charge on any atom is 0.233 e. The SMILES string of the molecule is NCC(=O)NCC1CCNC1. The van der Waals surface area contributed by atoms with Crippen LogP contribution in [0.3, 0.4) is 0 Å². The van der Waals surface area contributed by atoms with Crippen molar-refractivity contribution in [2.75, 3.05) is 26.2 Å². The van der Waals surface area contributed by atoms with E-state index < -0.39 is 0 Å². The molecular formula is C7H15N3O. The average Bonchev–Trinajstić information content (AvgIpc) is 2.52. The Bertz CT molecular complexity index is 132. The van der Waals surface area contributed by atoms with Gasteiger partial charge in [-0.25, -0.2) is 0 Å². The lowest BCUT2D eigenvalue weighted by Gasteiger charge is -2.08. The lowest BCUT2D eigenvalue weighted by atomic mass is 10.1. The van der Waals surface area contributed by atoms with Crippen molar-refractivity contribution in [1.29, 1.82) is 0 Å². The second-order valence-electron chi connectivity index (χ2n) is 2.87. The van der Waals surface area contributed by atoms with E-state index in [0.717, 1.165) is 26.1 Å². The monoisotopic (exact) mass is 157 g/mol. The molecule has 1 fully saturated rings. The predicted molar refractivity (Wildman–Crippen MR) is 43.0 cm³/mol. The van der Waals surface area contributed by atoms with Crippen molar-refractivity contribution in [3.8, 4) is 0 Å². The summed E-state index contributed by atoms with van der Waals surface area (Å²) in [5.74, 6) is 0.544. The molecule has 0 spiro atoms. The van der Waals surface area contributed by atoms with Crippen LogP contribution >= 0.6 is 0 Å². The van der Waals surface area contributed by atoms with Crippen LogP contribution in [-0.4, -0.2) is 32.1 Å². The number of rotatable bonds is 3. The van der Waals surface area contributed by atoms with Crippen LogP contribution in [0.1, 0.15) is 6.42 Å². The van der Waals surface area contributed by atoms with Crippen LogP contribution in [0.15, 0.2) is 0 Å². The summed E-state index contributed by atoms with van der Waals surface area (Å²) in [6.45, 7) is 2.96. The fourth-order valence-corrected chi connectivity index (χ4v) is 1.22. The quantitative estimate of drug-likeness (QED) is 0.475. The molecule has 11 heavy (non-hydrogen) atoms. The Morgan fingerprint density at radius 2 is 2.55 bits per heavy atom. The van der Waals surface area contributed by atoms with Crippen LogP contribution in [0, 0.1) is 5.92 Å². The van der Waals surface area contributed by atoms with Gasteiger partial charge in [0.05, 0.1) is 6.54 Å².